The van der Waals surface area contributed by atoms with Crippen molar-refractivity contribution in [2.45, 2.75) is 46.0 Å². The molecule has 0 aliphatic carbocycles. The molecule has 0 amide bonds. The molecule has 1 rings (SSSR count). The summed E-state index contributed by atoms with van der Waals surface area (Å²) in [4.78, 5) is 0. The second-order valence-corrected chi connectivity index (χ2v) is 8.00. The zero-order valence-electron chi connectivity index (χ0n) is 12.7. The monoisotopic (exact) mass is 290 g/mol. The molecule has 0 bridgehead atoms. The van der Waals surface area contributed by atoms with E-state index in [-0.39, 0.29) is 0 Å². The van der Waals surface area contributed by atoms with Crippen LogP contribution in [0.25, 0.3) is 0 Å². The topological polar surface area (TPSA) is 49.4 Å². The van der Waals surface area contributed by atoms with E-state index >= 15 is 0 Å². The van der Waals surface area contributed by atoms with Gasteiger partial charge in [0, 0.05) is 13.1 Å². The molecule has 0 aromatic heterocycles. The second kappa shape index (κ2) is 8.22. The Labute approximate surface area is 119 Å². The zero-order chi connectivity index (χ0) is 14.3. The highest BCUT2D eigenvalue weighted by Gasteiger charge is 2.25. The van der Waals surface area contributed by atoms with E-state index in [9.17, 15) is 8.42 Å². The highest BCUT2D eigenvalue weighted by molar-refractivity contribution is 7.88. The number of rotatable bonds is 8. The molecular formula is C14H30N2O2S. The van der Waals surface area contributed by atoms with Gasteiger partial charge in [-0.1, -0.05) is 13.8 Å². The summed E-state index contributed by atoms with van der Waals surface area (Å²) in [6, 6.07) is 0. The number of nitrogens with one attached hydrogen (secondary N) is 1. The largest absolute Gasteiger partial charge is 0.316 e. The summed E-state index contributed by atoms with van der Waals surface area (Å²) in [6.07, 6.45) is 7.05. The molecule has 1 aliphatic rings. The van der Waals surface area contributed by atoms with Crippen molar-refractivity contribution >= 4 is 10.0 Å². The highest BCUT2D eigenvalue weighted by atomic mass is 32.2. The third-order valence-corrected chi connectivity index (χ3v) is 5.21. The maximum Gasteiger partial charge on any atom is 0.211 e. The van der Waals surface area contributed by atoms with Crippen molar-refractivity contribution in [3.63, 3.8) is 0 Å². The van der Waals surface area contributed by atoms with Crippen LogP contribution in [0.1, 0.15) is 46.0 Å². The lowest BCUT2D eigenvalue weighted by atomic mass is 9.91. The Hall–Kier alpha value is -0.130. The van der Waals surface area contributed by atoms with Gasteiger partial charge >= 0.3 is 0 Å². The fraction of sp³-hybridized carbons (Fsp3) is 1.00. The normalized spacial score (nSPS) is 23.4. The van der Waals surface area contributed by atoms with E-state index in [1.807, 2.05) is 0 Å². The van der Waals surface area contributed by atoms with Crippen LogP contribution in [-0.4, -0.2) is 45.2 Å². The number of nitrogens with zero attached hydrogens (tertiary/aromatic N) is 1. The van der Waals surface area contributed by atoms with E-state index in [2.05, 4.69) is 19.2 Å². The van der Waals surface area contributed by atoms with Crippen molar-refractivity contribution in [3.8, 4) is 0 Å². The van der Waals surface area contributed by atoms with Gasteiger partial charge in [0.25, 0.3) is 0 Å². The first-order valence-corrected chi connectivity index (χ1v) is 9.44. The standard InChI is InChI=1S/C14H30N2O2S/c1-4-9-15-11-13(2)7-8-14-6-5-10-16(12-14)19(3,17)18/h13-15H,4-12H2,1-3H3. The van der Waals surface area contributed by atoms with Crippen molar-refractivity contribution in [1.29, 1.82) is 0 Å². The molecule has 0 saturated carbocycles. The highest BCUT2D eigenvalue weighted by Crippen LogP contribution is 2.24. The van der Waals surface area contributed by atoms with E-state index in [0.717, 1.165) is 32.5 Å². The molecule has 4 nitrogen and oxygen atoms in total. The van der Waals surface area contributed by atoms with Gasteiger partial charge in [0.1, 0.15) is 0 Å². The predicted molar refractivity (Wildman–Crippen MR) is 80.7 cm³/mol. The minimum atomic E-state index is -2.99. The van der Waals surface area contributed by atoms with Crippen LogP contribution in [0.3, 0.4) is 0 Å². The lowest BCUT2D eigenvalue weighted by molar-refractivity contribution is 0.244. The molecule has 1 heterocycles. The minimum Gasteiger partial charge on any atom is -0.316 e. The molecular weight excluding hydrogens is 260 g/mol. The average molecular weight is 290 g/mol. The number of hydrogen-bond donors (Lipinski definition) is 1. The third kappa shape index (κ3) is 6.72. The maximum absolute atomic E-state index is 11.6. The smallest absolute Gasteiger partial charge is 0.211 e. The Morgan fingerprint density at radius 2 is 2.16 bits per heavy atom. The molecule has 5 heteroatoms. The quantitative estimate of drug-likeness (QED) is 0.696. The fourth-order valence-electron chi connectivity index (χ4n) is 2.71. The van der Waals surface area contributed by atoms with Gasteiger partial charge in [0.05, 0.1) is 6.26 Å². The van der Waals surface area contributed by atoms with Gasteiger partial charge in [-0.05, 0) is 57.0 Å². The first-order valence-electron chi connectivity index (χ1n) is 7.59. The predicted octanol–water partition coefficient (Wildman–Crippen LogP) is 2.07. The van der Waals surface area contributed by atoms with Crippen molar-refractivity contribution in [2.24, 2.45) is 11.8 Å². The van der Waals surface area contributed by atoms with Crippen molar-refractivity contribution < 1.29 is 8.42 Å². The average Bonchev–Trinajstić information content (AvgIpc) is 2.36. The van der Waals surface area contributed by atoms with Gasteiger partial charge in [-0.25, -0.2) is 12.7 Å². The molecule has 1 aliphatic heterocycles. The molecule has 19 heavy (non-hydrogen) atoms. The Kier molecular flexibility index (Phi) is 7.32. The van der Waals surface area contributed by atoms with Gasteiger partial charge in [0.2, 0.25) is 10.0 Å². The van der Waals surface area contributed by atoms with E-state index < -0.39 is 10.0 Å². The van der Waals surface area contributed by atoms with Crippen LogP contribution >= 0.6 is 0 Å². The van der Waals surface area contributed by atoms with Crippen molar-refractivity contribution in [3.05, 3.63) is 0 Å². The Morgan fingerprint density at radius 3 is 2.79 bits per heavy atom. The lowest BCUT2D eigenvalue weighted by Crippen LogP contribution is -2.39. The molecule has 0 radical (unpaired) electrons. The summed E-state index contributed by atoms with van der Waals surface area (Å²) in [6.45, 7) is 8.07. The van der Waals surface area contributed by atoms with E-state index in [1.165, 1.54) is 25.5 Å². The van der Waals surface area contributed by atoms with Crippen LogP contribution in [0.15, 0.2) is 0 Å². The van der Waals surface area contributed by atoms with Crippen LogP contribution in [0.4, 0.5) is 0 Å². The lowest BCUT2D eigenvalue weighted by Gasteiger charge is -2.31. The summed E-state index contributed by atoms with van der Waals surface area (Å²) < 4.78 is 24.8. The van der Waals surface area contributed by atoms with Gasteiger partial charge < -0.3 is 5.32 Å². The first kappa shape index (κ1) is 16.9. The van der Waals surface area contributed by atoms with Crippen LogP contribution < -0.4 is 5.32 Å². The number of piperidine rings is 1. The molecule has 2 atom stereocenters. The van der Waals surface area contributed by atoms with Crippen LogP contribution in [0, 0.1) is 11.8 Å². The Morgan fingerprint density at radius 1 is 1.42 bits per heavy atom. The Balaban J connectivity index is 2.25. The summed E-state index contributed by atoms with van der Waals surface area (Å²) >= 11 is 0. The molecule has 1 fully saturated rings. The first-order chi connectivity index (χ1) is 8.93. The van der Waals surface area contributed by atoms with E-state index in [0.29, 0.717) is 18.4 Å². The van der Waals surface area contributed by atoms with E-state index in [1.54, 1.807) is 4.31 Å². The molecule has 1 N–H and O–H groups in total. The van der Waals surface area contributed by atoms with Crippen molar-refractivity contribution in [2.75, 3.05) is 32.4 Å². The number of sulfonamides is 1. The Bertz CT molecular complexity index is 343. The summed E-state index contributed by atoms with van der Waals surface area (Å²) in [5, 5.41) is 3.45. The van der Waals surface area contributed by atoms with E-state index in [4.69, 9.17) is 0 Å². The van der Waals surface area contributed by atoms with Gasteiger partial charge in [-0.3, -0.25) is 0 Å². The molecule has 114 valence electrons. The molecule has 0 aromatic carbocycles. The number of hydrogen-bond acceptors (Lipinski definition) is 3. The van der Waals surface area contributed by atoms with Crippen molar-refractivity contribution in [1.82, 2.24) is 9.62 Å². The zero-order valence-corrected chi connectivity index (χ0v) is 13.5. The molecule has 2 unspecified atom stereocenters. The summed E-state index contributed by atoms with van der Waals surface area (Å²) in [7, 11) is -2.99. The molecule has 0 spiro atoms. The fourth-order valence-corrected chi connectivity index (χ4v) is 3.65. The van der Waals surface area contributed by atoms with Gasteiger partial charge in [-0.2, -0.15) is 0 Å². The minimum absolute atomic E-state index is 0.553. The molecule has 0 aromatic rings. The van der Waals surface area contributed by atoms with Gasteiger partial charge in [-0.15, -0.1) is 0 Å². The molecule has 1 saturated heterocycles. The summed E-state index contributed by atoms with van der Waals surface area (Å²) in [5.74, 6) is 1.23. The second-order valence-electron chi connectivity index (χ2n) is 6.02. The van der Waals surface area contributed by atoms with Crippen LogP contribution in [0.5, 0.6) is 0 Å². The third-order valence-electron chi connectivity index (χ3n) is 3.94. The maximum atomic E-state index is 11.6. The van der Waals surface area contributed by atoms with Gasteiger partial charge in [0.15, 0.2) is 0 Å². The SMILES string of the molecule is CCCNCC(C)CCC1CCCN(S(C)(=O)=O)C1. The van der Waals surface area contributed by atoms with Crippen LogP contribution in [-0.2, 0) is 10.0 Å². The van der Waals surface area contributed by atoms with Crippen LogP contribution in [0.2, 0.25) is 0 Å². The summed E-state index contributed by atoms with van der Waals surface area (Å²) in [5.41, 5.74) is 0.